The van der Waals surface area contributed by atoms with Gasteiger partial charge in [0.05, 0.1) is 21.0 Å². The van der Waals surface area contributed by atoms with Gasteiger partial charge in [0.2, 0.25) is 10.0 Å². The van der Waals surface area contributed by atoms with Crippen LogP contribution in [-0.4, -0.2) is 52.3 Å². The number of anilines is 1. The van der Waals surface area contributed by atoms with Crippen LogP contribution in [0, 0.1) is 0 Å². The summed E-state index contributed by atoms with van der Waals surface area (Å²) < 4.78 is 54.8. The standard InChI is InChI=1S/C18H20N4O4S2/c23-27(24,21-17-3-1-2-14-8-9-20-18(14)17)15-4-6-16(7-5-15)28(25,26)22-12-10-19-11-13-22/h1-9,19-21H,10-13H2. The molecule has 0 aliphatic carbocycles. The van der Waals surface area contributed by atoms with Crippen molar-refractivity contribution in [2.45, 2.75) is 9.79 Å². The van der Waals surface area contributed by atoms with E-state index in [-0.39, 0.29) is 9.79 Å². The number of aromatic nitrogens is 1. The molecular weight excluding hydrogens is 400 g/mol. The predicted molar refractivity (Wildman–Crippen MR) is 107 cm³/mol. The summed E-state index contributed by atoms with van der Waals surface area (Å²) in [5, 5.41) is 3.99. The van der Waals surface area contributed by atoms with Crippen molar-refractivity contribution in [3.05, 3.63) is 54.7 Å². The van der Waals surface area contributed by atoms with E-state index in [2.05, 4.69) is 15.0 Å². The summed E-state index contributed by atoms with van der Waals surface area (Å²) in [6.45, 7) is 1.98. The van der Waals surface area contributed by atoms with Crippen LogP contribution in [0.25, 0.3) is 10.9 Å². The first-order valence-electron chi connectivity index (χ1n) is 8.78. The Bertz CT molecular complexity index is 1200. The molecule has 3 aromatic rings. The number of benzene rings is 2. The monoisotopic (exact) mass is 420 g/mol. The Kier molecular flexibility index (Phi) is 4.88. The SMILES string of the molecule is O=S(=O)(Nc1cccc2cc[nH]c12)c1ccc(S(=O)(=O)N2CCNCC2)cc1. The Balaban J connectivity index is 1.60. The third-order valence-corrected chi connectivity index (χ3v) is 7.97. The van der Waals surface area contributed by atoms with Crippen molar-refractivity contribution in [3.8, 4) is 0 Å². The highest BCUT2D eigenvalue weighted by atomic mass is 32.2. The van der Waals surface area contributed by atoms with Gasteiger partial charge in [-0.25, -0.2) is 16.8 Å². The van der Waals surface area contributed by atoms with E-state index in [4.69, 9.17) is 0 Å². The third-order valence-electron chi connectivity index (χ3n) is 4.68. The highest BCUT2D eigenvalue weighted by molar-refractivity contribution is 7.92. The lowest BCUT2D eigenvalue weighted by molar-refractivity contribution is 0.360. The maximum atomic E-state index is 12.7. The van der Waals surface area contributed by atoms with Gasteiger partial charge in [-0.1, -0.05) is 12.1 Å². The zero-order chi connectivity index (χ0) is 19.8. The maximum Gasteiger partial charge on any atom is 0.261 e. The van der Waals surface area contributed by atoms with Gasteiger partial charge in [0.25, 0.3) is 10.0 Å². The van der Waals surface area contributed by atoms with Crippen LogP contribution in [0.2, 0.25) is 0 Å². The van der Waals surface area contributed by atoms with Gasteiger partial charge in [-0.3, -0.25) is 4.72 Å². The summed E-state index contributed by atoms with van der Waals surface area (Å²) in [6.07, 6.45) is 1.73. The average Bonchev–Trinajstić information content (AvgIpc) is 3.18. The molecule has 4 rings (SSSR count). The van der Waals surface area contributed by atoms with Gasteiger partial charge in [0.1, 0.15) is 0 Å². The van der Waals surface area contributed by atoms with E-state index in [1.807, 2.05) is 12.1 Å². The quantitative estimate of drug-likeness (QED) is 0.580. The van der Waals surface area contributed by atoms with Crippen LogP contribution in [0.1, 0.15) is 0 Å². The van der Waals surface area contributed by atoms with E-state index >= 15 is 0 Å². The van der Waals surface area contributed by atoms with Crippen LogP contribution in [0.3, 0.4) is 0 Å². The molecule has 10 heteroatoms. The highest BCUT2D eigenvalue weighted by Gasteiger charge is 2.26. The lowest BCUT2D eigenvalue weighted by Crippen LogP contribution is -2.46. The molecule has 2 aromatic carbocycles. The highest BCUT2D eigenvalue weighted by Crippen LogP contribution is 2.25. The molecule has 0 unspecified atom stereocenters. The fourth-order valence-corrected chi connectivity index (χ4v) is 5.71. The molecule has 28 heavy (non-hydrogen) atoms. The fourth-order valence-electron chi connectivity index (χ4n) is 3.20. The van der Waals surface area contributed by atoms with Gasteiger partial charge in [-0.05, 0) is 36.4 Å². The molecule has 0 radical (unpaired) electrons. The smallest absolute Gasteiger partial charge is 0.261 e. The normalized spacial score (nSPS) is 16.3. The van der Waals surface area contributed by atoms with Gasteiger partial charge in [0, 0.05) is 37.8 Å². The van der Waals surface area contributed by atoms with Gasteiger partial charge >= 0.3 is 0 Å². The molecule has 1 aromatic heterocycles. The zero-order valence-electron chi connectivity index (χ0n) is 14.9. The maximum absolute atomic E-state index is 12.7. The number of rotatable bonds is 5. The number of nitrogens with zero attached hydrogens (tertiary/aromatic N) is 1. The van der Waals surface area contributed by atoms with Crippen LogP contribution >= 0.6 is 0 Å². The second-order valence-corrected chi connectivity index (χ2v) is 10.1. The molecule has 1 saturated heterocycles. The summed E-state index contributed by atoms with van der Waals surface area (Å²) in [5.74, 6) is 0. The molecular formula is C18H20N4O4S2. The van der Waals surface area contributed by atoms with Gasteiger partial charge in [0.15, 0.2) is 0 Å². The van der Waals surface area contributed by atoms with Crippen LogP contribution in [-0.2, 0) is 20.0 Å². The molecule has 1 aliphatic heterocycles. The van der Waals surface area contributed by atoms with Crippen molar-refractivity contribution in [1.82, 2.24) is 14.6 Å². The Morgan fingerprint density at radius 1 is 0.857 bits per heavy atom. The number of piperazine rings is 1. The third kappa shape index (κ3) is 3.51. The van der Waals surface area contributed by atoms with Crippen LogP contribution in [0.15, 0.2) is 64.5 Å². The van der Waals surface area contributed by atoms with Crippen LogP contribution in [0.4, 0.5) is 5.69 Å². The number of H-pyrrole nitrogens is 1. The predicted octanol–water partition coefficient (Wildman–Crippen LogP) is 1.56. The van der Waals surface area contributed by atoms with Crippen LogP contribution < -0.4 is 10.0 Å². The molecule has 0 bridgehead atoms. The van der Waals surface area contributed by atoms with Crippen molar-refractivity contribution < 1.29 is 16.8 Å². The average molecular weight is 421 g/mol. The molecule has 2 heterocycles. The molecule has 0 amide bonds. The summed E-state index contributed by atoms with van der Waals surface area (Å²) in [7, 11) is -7.49. The van der Waals surface area contributed by atoms with E-state index in [1.165, 1.54) is 28.6 Å². The Labute approximate surface area is 163 Å². The Morgan fingerprint density at radius 2 is 1.54 bits per heavy atom. The number of nitrogens with one attached hydrogen (secondary N) is 3. The fraction of sp³-hybridized carbons (Fsp3) is 0.222. The lowest BCUT2D eigenvalue weighted by atomic mass is 10.2. The van der Waals surface area contributed by atoms with Gasteiger partial charge in [-0.15, -0.1) is 0 Å². The van der Waals surface area contributed by atoms with Crippen molar-refractivity contribution in [1.29, 1.82) is 0 Å². The number of para-hydroxylation sites is 1. The zero-order valence-corrected chi connectivity index (χ0v) is 16.6. The Morgan fingerprint density at radius 3 is 2.25 bits per heavy atom. The molecule has 0 saturated carbocycles. The molecule has 0 spiro atoms. The van der Waals surface area contributed by atoms with E-state index in [1.54, 1.807) is 18.3 Å². The first kappa shape index (κ1) is 18.9. The molecule has 148 valence electrons. The topological polar surface area (TPSA) is 111 Å². The van der Waals surface area contributed by atoms with E-state index < -0.39 is 20.0 Å². The van der Waals surface area contributed by atoms with E-state index in [0.29, 0.717) is 37.4 Å². The van der Waals surface area contributed by atoms with Crippen molar-refractivity contribution >= 4 is 36.6 Å². The van der Waals surface area contributed by atoms with Gasteiger partial charge < -0.3 is 10.3 Å². The molecule has 1 aliphatic rings. The minimum absolute atomic E-state index is 0.00433. The van der Waals surface area contributed by atoms with E-state index in [9.17, 15) is 16.8 Å². The van der Waals surface area contributed by atoms with Crippen LogP contribution in [0.5, 0.6) is 0 Å². The summed E-state index contributed by atoms with van der Waals surface area (Å²) in [4.78, 5) is 3.09. The summed E-state index contributed by atoms with van der Waals surface area (Å²) in [5.41, 5.74) is 1.11. The molecule has 0 atom stereocenters. The second-order valence-electron chi connectivity index (χ2n) is 6.48. The number of sulfonamides is 2. The molecule has 8 nitrogen and oxygen atoms in total. The summed E-state index contributed by atoms with van der Waals surface area (Å²) in [6, 6.07) is 12.4. The minimum Gasteiger partial charge on any atom is -0.359 e. The number of fused-ring (bicyclic) bond motifs is 1. The first-order valence-corrected chi connectivity index (χ1v) is 11.7. The number of aromatic amines is 1. The first-order chi connectivity index (χ1) is 13.4. The molecule has 1 fully saturated rings. The minimum atomic E-state index is -3.86. The Hall–Kier alpha value is -2.40. The van der Waals surface area contributed by atoms with Gasteiger partial charge in [-0.2, -0.15) is 4.31 Å². The van der Waals surface area contributed by atoms with Crippen molar-refractivity contribution in [2.75, 3.05) is 30.9 Å². The second kappa shape index (κ2) is 7.21. The molecule has 3 N–H and O–H groups in total. The van der Waals surface area contributed by atoms with Crippen molar-refractivity contribution in [3.63, 3.8) is 0 Å². The summed E-state index contributed by atoms with van der Waals surface area (Å²) >= 11 is 0. The number of hydrogen-bond donors (Lipinski definition) is 3. The van der Waals surface area contributed by atoms with E-state index in [0.717, 1.165) is 5.39 Å². The largest absolute Gasteiger partial charge is 0.359 e. The lowest BCUT2D eigenvalue weighted by Gasteiger charge is -2.26. The van der Waals surface area contributed by atoms with Crippen molar-refractivity contribution in [2.24, 2.45) is 0 Å². The number of hydrogen-bond acceptors (Lipinski definition) is 5.